The summed E-state index contributed by atoms with van der Waals surface area (Å²) >= 11 is 2.31. The molecule has 6 rings (SSSR count). The van der Waals surface area contributed by atoms with E-state index in [9.17, 15) is 8.78 Å². The molecule has 0 aliphatic carbocycles. The third-order valence-electron chi connectivity index (χ3n) is 5.28. The zero-order chi connectivity index (χ0) is 27.9. The van der Waals surface area contributed by atoms with Gasteiger partial charge in [-0.15, -0.1) is 22.7 Å². The lowest BCUT2D eigenvalue weighted by atomic mass is 10.2. The highest BCUT2D eigenvalue weighted by molar-refractivity contribution is 7.18. The summed E-state index contributed by atoms with van der Waals surface area (Å²) in [6.07, 6.45) is 9.57. The number of aromatic nitrogens is 6. The standard InChI is InChI=1S/2C14H7FN4S/c2*15-13-12(11-9(7-16)3-2-6-18-11)20-14(19-13)10-4-1-5-17-8-10/h2*1-6,8H. The quantitative estimate of drug-likeness (QED) is 0.236. The fraction of sp³-hybridized carbons (Fsp3) is 0. The predicted molar refractivity (Wildman–Crippen MR) is 146 cm³/mol. The molecule has 0 spiro atoms. The summed E-state index contributed by atoms with van der Waals surface area (Å²) in [5.74, 6) is -1.24. The van der Waals surface area contributed by atoms with Crippen LogP contribution in [0.3, 0.4) is 0 Å². The van der Waals surface area contributed by atoms with Crippen LogP contribution in [0.25, 0.3) is 42.3 Å². The average Bonchev–Trinajstić information content (AvgIpc) is 3.60. The highest BCUT2D eigenvalue weighted by Crippen LogP contribution is 2.35. The van der Waals surface area contributed by atoms with Crippen LogP contribution in [-0.2, 0) is 0 Å². The van der Waals surface area contributed by atoms with Gasteiger partial charge in [0, 0.05) is 48.3 Å². The first kappa shape index (κ1) is 26.3. The van der Waals surface area contributed by atoms with Crippen molar-refractivity contribution in [2.24, 2.45) is 0 Å². The van der Waals surface area contributed by atoms with Gasteiger partial charge in [0.1, 0.15) is 43.3 Å². The van der Waals surface area contributed by atoms with E-state index in [0.717, 1.165) is 33.8 Å². The van der Waals surface area contributed by atoms with Crippen LogP contribution >= 0.6 is 22.7 Å². The molecule has 0 aromatic carbocycles. The molecule has 0 radical (unpaired) electrons. The van der Waals surface area contributed by atoms with E-state index >= 15 is 0 Å². The lowest BCUT2D eigenvalue weighted by molar-refractivity contribution is 0.595. The average molecular weight is 565 g/mol. The Morgan fingerprint density at radius 1 is 0.600 bits per heavy atom. The zero-order valence-corrected chi connectivity index (χ0v) is 21.9. The van der Waals surface area contributed by atoms with Gasteiger partial charge in [0.15, 0.2) is 0 Å². The van der Waals surface area contributed by atoms with Crippen molar-refractivity contribution >= 4 is 22.7 Å². The molecular weight excluding hydrogens is 550 g/mol. The Morgan fingerprint density at radius 3 is 1.40 bits per heavy atom. The first-order valence-electron chi connectivity index (χ1n) is 11.4. The summed E-state index contributed by atoms with van der Waals surface area (Å²) in [5, 5.41) is 19.1. The topological polar surface area (TPSA) is 125 Å². The SMILES string of the molecule is N#Cc1cccnc1-c1sc(-c2cccnc2)nc1F.N#Cc1cccnc1-c1sc(-c2cccnc2)nc1F. The molecule has 0 unspecified atom stereocenters. The van der Waals surface area contributed by atoms with Crippen molar-refractivity contribution in [3.05, 3.63) is 109 Å². The molecule has 40 heavy (non-hydrogen) atoms. The lowest BCUT2D eigenvalue weighted by Crippen LogP contribution is -1.88. The van der Waals surface area contributed by atoms with Crippen molar-refractivity contribution in [2.75, 3.05) is 0 Å². The molecule has 0 saturated carbocycles. The van der Waals surface area contributed by atoms with E-state index in [-0.39, 0.29) is 9.75 Å². The highest BCUT2D eigenvalue weighted by atomic mass is 32.1. The van der Waals surface area contributed by atoms with Gasteiger partial charge < -0.3 is 0 Å². The van der Waals surface area contributed by atoms with Crippen LogP contribution in [0.1, 0.15) is 11.1 Å². The molecule has 0 fully saturated rings. The van der Waals surface area contributed by atoms with Gasteiger partial charge in [-0.1, -0.05) is 0 Å². The van der Waals surface area contributed by atoms with E-state index in [1.54, 1.807) is 73.3 Å². The first-order valence-corrected chi connectivity index (χ1v) is 13.1. The third kappa shape index (κ3) is 5.59. The maximum atomic E-state index is 14.0. The molecule has 0 amide bonds. The number of nitriles is 2. The van der Waals surface area contributed by atoms with E-state index in [2.05, 4.69) is 29.9 Å². The monoisotopic (exact) mass is 564 g/mol. The van der Waals surface area contributed by atoms with Crippen LogP contribution < -0.4 is 0 Å². The van der Waals surface area contributed by atoms with E-state index in [1.807, 2.05) is 12.1 Å². The highest BCUT2D eigenvalue weighted by Gasteiger charge is 2.19. The van der Waals surface area contributed by atoms with Crippen LogP contribution in [-0.4, -0.2) is 29.9 Å². The molecule has 0 aliphatic heterocycles. The number of nitrogens with zero attached hydrogens (tertiary/aromatic N) is 8. The number of pyridine rings is 4. The molecule has 8 nitrogen and oxygen atoms in total. The number of rotatable bonds is 4. The third-order valence-corrected chi connectivity index (χ3v) is 7.45. The Balaban J connectivity index is 0.000000161. The second-order valence-electron chi connectivity index (χ2n) is 7.78. The van der Waals surface area contributed by atoms with E-state index in [0.29, 0.717) is 32.5 Å². The Labute approximate surface area is 234 Å². The summed E-state index contributed by atoms with van der Waals surface area (Å²) in [7, 11) is 0. The van der Waals surface area contributed by atoms with Gasteiger partial charge in [-0.2, -0.15) is 19.3 Å². The van der Waals surface area contributed by atoms with Crippen LogP contribution in [0.2, 0.25) is 0 Å². The Hall–Kier alpha value is -5.30. The minimum absolute atomic E-state index is 0.265. The van der Waals surface area contributed by atoms with Crippen molar-refractivity contribution in [2.45, 2.75) is 0 Å². The Kier molecular flexibility index (Phi) is 7.92. The molecule has 0 N–H and O–H groups in total. The first-order chi connectivity index (χ1) is 19.6. The summed E-state index contributed by atoms with van der Waals surface area (Å²) < 4.78 is 28.1. The van der Waals surface area contributed by atoms with Crippen molar-refractivity contribution in [3.63, 3.8) is 0 Å². The van der Waals surface area contributed by atoms with Gasteiger partial charge in [-0.3, -0.25) is 19.9 Å². The van der Waals surface area contributed by atoms with E-state index < -0.39 is 11.9 Å². The van der Waals surface area contributed by atoms with Crippen molar-refractivity contribution < 1.29 is 8.78 Å². The summed E-state index contributed by atoms with van der Waals surface area (Å²) in [6.45, 7) is 0. The lowest BCUT2D eigenvalue weighted by Gasteiger charge is -1.97. The molecule has 6 heterocycles. The van der Waals surface area contributed by atoms with E-state index in [1.165, 1.54) is 12.4 Å². The number of hydrogen-bond donors (Lipinski definition) is 0. The molecule has 0 bridgehead atoms. The smallest absolute Gasteiger partial charge is 0.233 e. The van der Waals surface area contributed by atoms with Crippen LogP contribution in [0, 0.1) is 34.6 Å². The van der Waals surface area contributed by atoms with Gasteiger partial charge in [-0.25, -0.2) is 9.97 Å². The van der Waals surface area contributed by atoms with Gasteiger partial charge in [0.05, 0.1) is 11.1 Å². The molecule has 0 atom stereocenters. The maximum Gasteiger partial charge on any atom is 0.233 e. The summed E-state index contributed by atoms with van der Waals surface area (Å²) in [6, 6.07) is 17.6. The van der Waals surface area contributed by atoms with Crippen LogP contribution in [0.15, 0.2) is 85.7 Å². The zero-order valence-electron chi connectivity index (χ0n) is 20.2. The molecule has 6 aromatic heterocycles. The van der Waals surface area contributed by atoms with Crippen molar-refractivity contribution in [1.29, 1.82) is 10.5 Å². The predicted octanol–water partition coefficient (Wildman–Crippen LogP) is 6.56. The van der Waals surface area contributed by atoms with Gasteiger partial charge in [0.2, 0.25) is 11.9 Å². The Bertz CT molecular complexity index is 1720. The number of hydrogen-bond acceptors (Lipinski definition) is 10. The van der Waals surface area contributed by atoms with Crippen LogP contribution in [0.5, 0.6) is 0 Å². The maximum absolute atomic E-state index is 14.0. The van der Waals surface area contributed by atoms with Gasteiger partial charge in [-0.05, 0) is 48.5 Å². The molecule has 6 aromatic rings. The molecule has 192 valence electrons. The summed E-state index contributed by atoms with van der Waals surface area (Å²) in [5.41, 5.74) is 2.76. The minimum atomic E-state index is -0.621. The molecular formula is C28H14F2N8S2. The van der Waals surface area contributed by atoms with Crippen molar-refractivity contribution in [1.82, 2.24) is 29.9 Å². The van der Waals surface area contributed by atoms with Gasteiger partial charge in [0.25, 0.3) is 0 Å². The largest absolute Gasteiger partial charge is 0.264 e. The molecule has 0 saturated heterocycles. The number of halogens is 2. The normalized spacial score (nSPS) is 10.2. The fourth-order valence-corrected chi connectivity index (χ4v) is 5.37. The van der Waals surface area contributed by atoms with Gasteiger partial charge >= 0.3 is 0 Å². The summed E-state index contributed by atoms with van der Waals surface area (Å²) in [4.78, 5) is 24.4. The van der Waals surface area contributed by atoms with Crippen molar-refractivity contribution in [3.8, 4) is 54.4 Å². The Morgan fingerprint density at radius 2 is 1.02 bits per heavy atom. The molecule has 12 heteroatoms. The molecule has 0 aliphatic rings. The second-order valence-corrected chi connectivity index (χ2v) is 9.78. The minimum Gasteiger partial charge on any atom is -0.264 e. The van der Waals surface area contributed by atoms with Crippen LogP contribution in [0.4, 0.5) is 8.78 Å². The fourth-order valence-electron chi connectivity index (χ4n) is 3.47. The number of thiazole rings is 2. The second kappa shape index (κ2) is 12.0. The van der Waals surface area contributed by atoms with E-state index in [4.69, 9.17) is 10.5 Å².